The predicted octanol–water partition coefficient (Wildman–Crippen LogP) is 2.66. The summed E-state index contributed by atoms with van der Waals surface area (Å²) in [5, 5.41) is 0.956. The Morgan fingerprint density at radius 1 is 1.27 bits per heavy atom. The second-order valence-corrected chi connectivity index (χ2v) is 5.08. The average molecular weight is 303 g/mol. The fraction of sp³-hybridized carbons (Fsp3) is 0.471. The Balaban J connectivity index is 1.95. The Hall–Kier alpha value is -1.69. The van der Waals surface area contributed by atoms with E-state index < -0.39 is 6.04 Å². The number of Topliss-reactive ketones (excluding diaryl/α,β-unsaturated/α-hetero) is 1. The predicted molar refractivity (Wildman–Crippen MR) is 85.7 cm³/mol. The normalized spacial score (nSPS) is 12.9. The molecule has 22 heavy (non-hydrogen) atoms. The summed E-state index contributed by atoms with van der Waals surface area (Å²) in [7, 11) is 0. The SMILES string of the molecule is CCOC(CCC(N)C(=O)c1ccc2[c]c[nH]c2c1)OCC. The molecule has 1 radical (unpaired) electrons. The number of aromatic nitrogens is 1. The average Bonchev–Trinajstić information content (AvgIpc) is 2.99. The summed E-state index contributed by atoms with van der Waals surface area (Å²) in [6, 6.07) is 7.97. The molecule has 5 heteroatoms. The van der Waals surface area contributed by atoms with Gasteiger partial charge >= 0.3 is 0 Å². The minimum atomic E-state index is -0.556. The molecule has 2 rings (SSSR count). The second kappa shape index (κ2) is 8.08. The number of fused-ring (bicyclic) bond motifs is 1. The van der Waals surface area contributed by atoms with Crippen molar-refractivity contribution in [2.75, 3.05) is 13.2 Å². The van der Waals surface area contributed by atoms with Crippen molar-refractivity contribution in [2.24, 2.45) is 5.73 Å². The molecule has 1 unspecified atom stereocenters. The van der Waals surface area contributed by atoms with Gasteiger partial charge < -0.3 is 20.2 Å². The third kappa shape index (κ3) is 4.16. The van der Waals surface area contributed by atoms with E-state index in [1.165, 1.54) is 0 Å². The number of H-pyrrole nitrogens is 1. The lowest BCUT2D eigenvalue weighted by atomic mass is 10.00. The highest BCUT2D eigenvalue weighted by Crippen LogP contribution is 2.16. The summed E-state index contributed by atoms with van der Waals surface area (Å²) < 4.78 is 10.9. The molecule has 1 atom stereocenters. The van der Waals surface area contributed by atoms with Crippen LogP contribution < -0.4 is 5.73 Å². The van der Waals surface area contributed by atoms with Crippen molar-refractivity contribution >= 4 is 16.7 Å². The molecule has 119 valence electrons. The van der Waals surface area contributed by atoms with E-state index in [-0.39, 0.29) is 12.1 Å². The van der Waals surface area contributed by atoms with E-state index in [0.29, 0.717) is 31.6 Å². The summed E-state index contributed by atoms with van der Waals surface area (Å²) in [5.74, 6) is -0.0664. The van der Waals surface area contributed by atoms with Crippen LogP contribution >= 0.6 is 0 Å². The Bertz CT molecular complexity index is 603. The van der Waals surface area contributed by atoms with Crippen molar-refractivity contribution in [2.45, 2.75) is 39.0 Å². The van der Waals surface area contributed by atoms with Crippen LogP contribution in [0.2, 0.25) is 0 Å². The van der Waals surface area contributed by atoms with E-state index in [2.05, 4.69) is 11.1 Å². The minimum absolute atomic E-state index is 0.0664. The van der Waals surface area contributed by atoms with Gasteiger partial charge in [-0.15, -0.1) is 0 Å². The van der Waals surface area contributed by atoms with Crippen molar-refractivity contribution in [3.63, 3.8) is 0 Å². The number of rotatable bonds is 9. The first-order chi connectivity index (χ1) is 10.7. The van der Waals surface area contributed by atoms with Gasteiger partial charge in [0.2, 0.25) is 0 Å². The van der Waals surface area contributed by atoms with E-state index in [1.54, 1.807) is 12.3 Å². The molecular weight excluding hydrogens is 280 g/mol. The maximum Gasteiger partial charge on any atom is 0.179 e. The van der Waals surface area contributed by atoms with Crippen LogP contribution in [0.25, 0.3) is 10.9 Å². The van der Waals surface area contributed by atoms with Gasteiger partial charge in [-0.2, -0.15) is 0 Å². The molecule has 0 aliphatic heterocycles. The highest BCUT2D eigenvalue weighted by atomic mass is 16.7. The summed E-state index contributed by atoms with van der Waals surface area (Å²) in [5.41, 5.74) is 7.53. The van der Waals surface area contributed by atoms with Crippen molar-refractivity contribution in [3.05, 3.63) is 36.0 Å². The molecule has 0 bridgehead atoms. The van der Waals surface area contributed by atoms with Crippen molar-refractivity contribution < 1.29 is 14.3 Å². The smallest absolute Gasteiger partial charge is 0.179 e. The second-order valence-electron chi connectivity index (χ2n) is 5.08. The number of nitrogens with one attached hydrogen (secondary N) is 1. The molecule has 0 spiro atoms. The Kier molecular flexibility index (Phi) is 6.12. The molecule has 3 N–H and O–H groups in total. The van der Waals surface area contributed by atoms with Gasteiger partial charge in [0, 0.05) is 48.4 Å². The quantitative estimate of drug-likeness (QED) is 0.551. The van der Waals surface area contributed by atoms with Gasteiger partial charge in [-0.1, -0.05) is 12.1 Å². The summed E-state index contributed by atoms with van der Waals surface area (Å²) in [4.78, 5) is 15.5. The number of hydrogen-bond donors (Lipinski definition) is 2. The van der Waals surface area contributed by atoms with Gasteiger partial charge in [-0.25, -0.2) is 0 Å². The fourth-order valence-corrected chi connectivity index (χ4v) is 2.38. The van der Waals surface area contributed by atoms with Crippen LogP contribution in [0.1, 0.15) is 37.0 Å². The Labute approximate surface area is 130 Å². The lowest BCUT2D eigenvalue weighted by molar-refractivity contribution is -0.140. The van der Waals surface area contributed by atoms with E-state index >= 15 is 0 Å². The van der Waals surface area contributed by atoms with Crippen molar-refractivity contribution in [1.29, 1.82) is 0 Å². The molecule has 5 nitrogen and oxygen atoms in total. The van der Waals surface area contributed by atoms with E-state index in [1.807, 2.05) is 26.0 Å². The van der Waals surface area contributed by atoms with Gasteiger partial charge in [-0.3, -0.25) is 4.79 Å². The largest absolute Gasteiger partial charge is 0.361 e. The zero-order valence-corrected chi connectivity index (χ0v) is 13.1. The Morgan fingerprint density at radius 2 is 2.00 bits per heavy atom. The zero-order valence-electron chi connectivity index (χ0n) is 13.1. The maximum atomic E-state index is 12.4. The number of ether oxygens (including phenoxy) is 2. The van der Waals surface area contributed by atoms with Crippen LogP contribution in [0.4, 0.5) is 0 Å². The van der Waals surface area contributed by atoms with Crippen LogP contribution in [0.5, 0.6) is 0 Å². The topological polar surface area (TPSA) is 77.3 Å². The molecule has 1 heterocycles. The van der Waals surface area contributed by atoms with Crippen LogP contribution in [0.15, 0.2) is 24.4 Å². The molecule has 2 aromatic rings. The van der Waals surface area contributed by atoms with E-state index in [9.17, 15) is 4.79 Å². The molecule has 1 aromatic heterocycles. The van der Waals surface area contributed by atoms with Gasteiger partial charge in [0.1, 0.15) is 0 Å². The minimum Gasteiger partial charge on any atom is -0.361 e. The molecule has 0 amide bonds. The molecule has 0 fully saturated rings. The highest BCUT2D eigenvalue weighted by Gasteiger charge is 2.18. The molecule has 0 saturated carbocycles. The molecule has 0 aliphatic rings. The van der Waals surface area contributed by atoms with Crippen LogP contribution in [0, 0.1) is 6.07 Å². The Morgan fingerprint density at radius 3 is 2.68 bits per heavy atom. The van der Waals surface area contributed by atoms with Crippen LogP contribution in [-0.4, -0.2) is 36.3 Å². The lowest BCUT2D eigenvalue weighted by Crippen LogP contribution is -2.32. The van der Waals surface area contributed by atoms with Gasteiger partial charge in [0.05, 0.1) is 6.04 Å². The number of hydrogen-bond acceptors (Lipinski definition) is 4. The molecular formula is C17H23N2O3. The van der Waals surface area contributed by atoms with E-state index in [4.69, 9.17) is 15.2 Å². The van der Waals surface area contributed by atoms with Gasteiger partial charge in [0.25, 0.3) is 0 Å². The number of aromatic amines is 1. The number of ketones is 1. The highest BCUT2D eigenvalue weighted by molar-refractivity contribution is 6.02. The first kappa shape index (κ1) is 16.7. The first-order valence-corrected chi connectivity index (χ1v) is 7.67. The van der Waals surface area contributed by atoms with Gasteiger partial charge in [-0.05, 0) is 26.3 Å². The van der Waals surface area contributed by atoms with Crippen LogP contribution in [-0.2, 0) is 9.47 Å². The van der Waals surface area contributed by atoms with E-state index in [0.717, 1.165) is 10.9 Å². The molecule has 1 aromatic carbocycles. The van der Waals surface area contributed by atoms with Crippen LogP contribution in [0.3, 0.4) is 0 Å². The van der Waals surface area contributed by atoms with Gasteiger partial charge in [0.15, 0.2) is 12.1 Å². The monoisotopic (exact) mass is 303 g/mol. The maximum absolute atomic E-state index is 12.4. The fourth-order valence-electron chi connectivity index (χ4n) is 2.38. The number of carbonyl (C=O) groups excluding carboxylic acids is 1. The number of nitrogens with two attached hydrogens (primary N) is 1. The van der Waals surface area contributed by atoms with Crippen molar-refractivity contribution in [1.82, 2.24) is 4.98 Å². The third-order valence-electron chi connectivity index (χ3n) is 3.51. The van der Waals surface area contributed by atoms with Crippen molar-refractivity contribution in [3.8, 4) is 0 Å². The summed E-state index contributed by atoms with van der Waals surface area (Å²) >= 11 is 0. The summed E-state index contributed by atoms with van der Waals surface area (Å²) in [6.45, 7) is 4.99. The standard InChI is InChI=1S/C17H23N2O3/c1-3-21-16(22-4-2)8-7-14(18)17(20)13-6-5-12-9-10-19-15(12)11-13/h5-6,10-11,14,16,19H,3-4,7-8,18H2,1-2H3. The third-order valence-corrected chi connectivity index (χ3v) is 3.51. The molecule has 0 aliphatic carbocycles. The molecule has 0 saturated heterocycles. The number of carbonyl (C=O) groups is 1. The lowest BCUT2D eigenvalue weighted by Gasteiger charge is -2.18. The zero-order chi connectivity index (χ0) is 15.9. The number of benzene rings is 1. The first-order valence-electron chi connectivity index (χ1n) is 7.67. The summed E-state index contributed by atoms with van der Waals surface area (Å²) in [6.07, 6.45) is 2.56.